The van der Waals surface area contributed by atoms with Crippen molar-refractivity contribution >= 4 is 17.3 Å². The summed E-state index contributed by atoms with van der Waals surface area (Å²) in [7, 11) is 0. The molecule has 0 saturated carbocycles. The zero-order valence-corrected chi connectivity index (χ0v) is 11.4. The SMILES string of the molecule is CCNC(=O)c1ccc(NCc2nc(C)no2)c(N)c1. The minimum Gasteiger partial charge on any atom is -0.397 e. The first-order valence-corrected chi connectivity index (χ1v) is 6.31. The van der Waals surface area contributed by atoms with Gasteiger partial charge < -0.3 is 20.9 Å². The molecule has 2 rings (SSSR count). The fourth-order valence-electron chi connectivity index (χ4n) is 1.71. The van der Waals surface area contributed by atoms with E-state index < -0.39 is 0 Å². The van der Waals surface area contributed by atoms with Gasteiger partial charge in [0, 0.05) is 12.1 Å². The van der Waals surface area contributed by atoms with Crippen molar-refractivity contribution in [1.82, 2.24) is 15.5 Å². The number of aryl methyl sites for hydroxylation is 1. The summed E-state index contributed by atoms with van der Waals surface area (Å²) in [5.74, 6) is 0.925. The van der Waals surface area contributed by atoms with Crippen LogP contribution in [0.25, 0.3) is 0 Å². The van der Waals surface area contributed by atoms with Gasteiger partial charge in [-0.25, -0.2) is 0 Å². The number of rotatable bonds is 5. The van der Waals surface area contributed by atoms with E-state index in [2.05, 4.69) is 20.8 Å². The maximum Gasteiger partial charge on any atom is 0.251 e. The molecule has 0 spiro atoms. The van der Waals surface area contributed by atoms with E-state index in [4.69, 9.17) is 10.3 Å². The van der Waals surface area contributed by atoms with Crippen LogP contribution >= 0.6 is 0 Å². The Morgan fingerprint density at radius 1 is 1.45 bits per heavy atom. The Balaban J connectivity index is 2.04. The molecule has 4 N–H and O–H groups in total. The summed E-state index contributed by atoms with van der Waals surface area (Å²) in [6.45, 7) is 4.58. The predicted octanol–water partition coefficient (Wildman–Crippen LogP) is 1.32. The average molecular weight is 275 g/mol. The van der Waals surface area contributed by atoms with E-state index in [0.29, 0.717) is 41.7 Å². The summed E-state index contributed by atoms with van der Waals surface area (Å²) in [5.41, 5.74) is 7.65. The maximum absolute atomic E-state index is 11.7. The molecule has 0 aliphatic heterocycles. The van der Waals surface area contributed by atoms with Crippen molar-refractivity contribution in [2.45, 2.75) is 20.4 Å². The summed E-state index contributed by atoms with van der Waals surface area (Å²) < 4.78 is 4.99. The van der Waals surface area contributed by atoms with Crippen LogP contribution in [0.5, 0.6) is 0 Å². The Morgan fingerprint density at radius 2 is 2.25 bits per heavy atom. The first kappa shape index (κ1) is 13.9. The number of nitrogens with zero attached hydrogens (tertiary/aromatic N) is 2. The van der Waals surface area contributed by atoms with Crippen LogP contribution in [-0.4, -0.2) is 22.6 Å². The van der Waals surface area contributed by atoms with Gasteiger partial charge in [0.2, 0.25) is 5.89 Å². The highest BCUT2D eigenvalue weighted by Gasteiger charge is 2.08. The van der Waals surface area contributed by atoms with E-state index in [0.717, 1.165) is 0 Å². The van der Waals surface area contributed by atoms with E-state index in [9.17, 15) is 4.79 Å². The van der Waals surface area contributed by atoms with Gasteiger partial charge in [0.1, 0.15) is 0 Å². The molecule has 7 heteroatoms. The number of amides is 1. The van der Waals surface area contributed by atoms with Crippen LogP contribution < -0.4 is 16.4 Å². The quantitative estimate of drug-likeness (QED) is 0.711. The van der Waals surface area contributed by atoms with Crippen LogP contribution in [0.3, 0.4) is 0 Å². The fraction of sp³-hybridized carbons (Fsp3) is 0.308. The molecule has 1 amide bonds. The molecular weight excluding hydrogens is 258 g/mol. The monoisotopic (exact) mass is 275 g/mol. The van der Waals surface area contributed by atoms with Gasteiger partial charge in [-0.3, -0.25) is 4.79 Å². The molecule has 2 aromatic rings. The summed E-state index contributed by atoms with van der Waals surface area (Å²) >= 11 is 0. The number of anilines is 2. The summed E-state index contributed by atoms with van der Waals surface area (Å²) in [4.78, 5) is 15.8. The summed E-state index contributed by atoms with van der Waals surface area (Å²) in [5, 5.41) is 9.51. The summed E-state index contributed by atoms with van der Waals surface area (Å²) in [6.07, 6.45) is 0. The molecule has 0 fully saturated rings. The van der Waals surface area contributed by atoms with Crippen LogP contribution in [0.1, 0.15) is 29.0 Å². The van der Waals surface area contributed by atoms with Gasteiger partial charge in [0.25, 0.3) is 5.91 Å². The fourth-order valence-corrected chi connectivity index (χ4v) is 1.71. The third-order valence-electron chi connectivity index (χ3n) is 2.65. The molecule has 0 saturated heterocycles. The molecule has 106 valence electrons. The normalized spacial score (nSPS) is 10.3. The van der Waals surface area contributed by atoms with Crippen molar-refractivity contribution in [3.63, 3.8) is 0 Å². The van der Waals surface area contributed by atoms with Crippen molar-refractivity contribution in [2.24, 2.45) is 0 Å². The van der Waals surface area contributed by atoms with Crippen molar-refractivity contribution in [3.05, 3.63) is 35.5 Å². The Labute approximate surface area is 116 Å². The third-order valence-corrected chi connectivity index (χ3v) is 2.65. The number of nitrogen functional groups attached to an aromatic ring is 1. The van der Waals surface area contributed by atoms with Crippen molar-refractivity contribution in [1.29, 1.82) is 0 Å². The molecule has 0 bridgehead atoms. The lowest BCUT2D eigenvalue weighted by molar-refractivity contribution is 0.0956. The second-order valence-electron chi connectivity index (χ2n) is 4.25. The standard InChI is InChI=1S/C13H17N5O2/c1-3-15-13(19)9-4-5-11(10(14)6-9)16-7-12-17-8(2)18-20-12/h4-6,16H,3,7,14H2,1-2H3,(H,15,19). The van der Waals surface area contributed by atoms with E-state index in [1.165, 1.54) is 0 Å². The van der Waals surface area contributed by atoms with Gasteiger partial charge >= 0.3 is 0 Å². The molecule has 0 aliphatic rings. The lowest BCUT2D eigenvalue weighted by Crippen LogP contribution is -2.22. The highest BCUT2D eigenvalue weighted by atomic mass is 16.5. The number of hydrogen-bond acceptors (Lipinski definition) is 6. The minimum absolute atomic E-state index is 0.140. The highest BCUT2D eigenvalue weighted by Crippen LogP contribution is 2.20. The molecule has 20 heavy (non-hydrogen) atoms. The molecule has 0 unspecified atom stereocenters. The predicted molar refractivity (Wildman–Crippen MR) is 75.2 cm³/mol. The van der Waals surface area contributed by atoms with Crippen LogP contribution in [0.4, 0.5) is 11.4 Å². The van der Waals surface area contributed by atoms with Gasteiger partial charge in [-0.15, -0.1) is 0 Å². The number of aromatic nitrogens is 2. The zero-order valence-electron chi connectivity index (χ0n) is 11.4. The lowest BCUT2D eigenvalue weighted by Gasteiger charge is -2.09. The lowest BCUT2D eigenvalue weighted by atomic mass is 10.1. The van der Waals surface area contributed by atoms with Gasteiger partial charge in [-0.1, -0.05) is 5.16 Å². The van der Waals surface area contributed by atoms with Gasteiger partial charge in [0.05, 0.1) is 17.9 Å². The topological polar surface area (TPSA) is 106 Å². The number of hydrogen-bond donors (Lipinski definition) is 3. The zero-order chi connectivity index (χ0) is 14.5. The Bertz CT molecular complexity index is 609. The largest absolute Gasteiger partial charge is 0.397 e. The number of carbonyl (C=O) groups is 1. The summed E-state index contributed by atoms with van der Waals surface area (Å²) in [6, 6.07) is 5.10. The van der Waals surface area contributed by atoms with E-state index >= 15 is 0 Å². The second-order valence-corrected chi connectivity index (χ2v) is 4.25. The van der Waals surface area contributed by atoms with E-state index in [1.54, 1.807) is 25.1 Å². The van der Waals surface area contributed by atoms with Crippen molar-refractivity contribution in [3.8, 4) is 0 Å². The first-order valence-electron chi connectivity index (χ1n) is 6.31. The molecule has 1 aromatic carbocycles. The van der Waals surface area contributed by atoms with Gasteiger partial charge in [-0.05, 0) is 32.0 Å². The van der Waals surface area contributed by atoms with Gasteiger partial charge in [0.15, 0.2) is 5.82 Å². The minimum atomic E-state index is -0.140. The molecule has 1 heterocycles. The number of carbonyl (C=O) groups excluding carboxylic acids is 1. The Kier molecular flexibility index (Phi) is 4.19. The van der Waals surface area contributed by atoms with Gasteiger partial charge in [-0.2, -0.15) is 4.98 Å². The van der Waals surface area contributed by atoms with Crippen LogP contribution in [-0.2, 0) is 6.54 Å². The van der Waals surface area contributed by atoms with Crippen LogP contribution in [0, 0.1) is 6.92 Å². The van der Waals surface area contributed by atoms with Crippen molar-refractivity contribution < 1.29 is 9.32 Å². The molecule has 0 radical (unpaired) electrons. The highest BCUT2D eigenvalue weighted by molar-refractivity contribution is 5.96. The number of benzene rings is 1. The van der Waals surface area contributed by atoms with Crippen LogP contribution in [0.15, 0.2) is 22.7 Å². The second kappa shape index (κ2) is 6.05. The third kappa shape index (κ3) is 3.25. The first-order chi connectivity index (χ1) is 9.60. The van der Waals surface area contributed by atoms with E-state index in [-0.39, 0.29) is 5.91 Å². The molecule has 0 atom stereocenters. The number of nitrogens with one attached hydrogen (secondary N) is 2. The van der Waals surface area contributed by atoms with Crippen molar-refractivity contribution in [2.75, 3.05) is 17.6 Å². The Hall–Kier alpha value is -2.57. The average Bonchev–Trinajstić information content (AvgIpc) is 2.83. The Morgan fingerprint density at radius 3 is 2.85 bits per heavy atom. The smallest absolute Gasteiger partial charge is 0.251 e. The molecule has 1 aromatic heterocycles. The van der Waals surface area contributed by atoms with Crippen LogP contribution in [0.2, 0.25) is 0 Å². The molecule has 7 nitrogen and oxygen atoms in total. The van der Waals surface area contributed by atoms with E-state index in [1.807, 2.05) is 6.92 Å². The number of nitrogens with two attached hydrogens (primary N) is 1. The molecule has 0 aliphatic carbocycles. The molecular formula is C13H17N5O2. The maximum atomic E-state index is 11.7.